The second-order valence-electron chi connectivity index (χ2n) is 5.64. The molecule has 1 amide bonds. The van der Waals surface area contributed by atoms with Crippen molar-refractivity contribution in [1.82, 2.24) is 5.32 Å². The van der Waals surface area contributed by atoms with Crippen molar-refractivity contribution in [1.29, 1.82) is 0 Å². The normalized spacial score (nSPS) is 19.4. The second kappa shape index (κ2) is 6.53. The van der Waals surface area contributed by atoms with E-state index in [1.807, 2.05) is 48.5 Å². The zero-order valence-electron chi connectivity index (χ0n) is 13.0. The van der Waals surface area contributed by atoms with Gasteiger partial charge in [-0.15, -0.1) is 0 Å². The highest BCUT2D eigenvalue weighted by Gasteiger charge is 2.23. The maximum Gasteiger partial charge on any atom is 0.264 e. The van der Waals surface area contributed by atoms with Crippen molar-refractivity contribution in [2.24, 2.45) is 4.99 Å². The number of nitrogens with one attached hydrogen (secondary N) is 1. The molecule has 0 atom stereocenters. The van der Waals surface area contributed by atoms with E-state index in [0.29, 0.717) is 16.6 Å². The highest BCUT2D eigenvalue weighted by Crippen LogP contribution is 2.30. The molecule has 5 heteroatoms. The number of hydrogen-bond donors (Lipinski definition) is 1. The van der Waals surface area contributed by atoms with E-state index in [1.165, 1.54) is 17.3 Å². The molecule has 0 spiro atoms. The molecule has 2 aromatic rings. The molecule has 2 aliphatic rings. The van der Waals surface area contributed by atoms with Crippen LogP contribution in [0.1, 0.15) is 16.7 Å². The van der Waals surface area contributed by atoms with Gasteiger partial charge in [-0.3, -0.25) is 9.79 Å². The smallest absolute Gasteiger partial charge is 0.264 e. The first kappa shape index (κ1) is 15.0. The van der Waals surface area contributed by atoms with E-state index in [0.717, 1.165) is 29.9 Å². The van der Waals surface area contributed by atoms with Gasteiger partial charge in [0.15, 0.2) is 5.17 Å². The first-order valence-electron chi connectivity index (χ1n) is 7.83. The number of ether oxygens (including phenoxy) is 1. The maximum atomic E-state index is 12.1. The molecule has 0 radical (unpaired) electrons. The quantitative estimate of drug-likeness (QED) is 0.874. The van der Waals surface area contributed by atoms with E-state index in [2.05, 4.69) is 16.4 Å². The van der Waals surface area contributed by atoms with Gasteiger partial charge in [0.1, 0.15) is 5.75 Å². The first-order chi connectivity index (χ1) is 11.8. The van der Waals surface area contributed by atoms with E-state index < -0.39 is 0 Å². The number of amides is 1. The van der Waals surface area contributed by atoms with Crippen molar-refractivity contribution in [2.45, 2.75) is 13.0 Å². The van der Waals surface area contributed by atoms with Crippen LogP contribution in [0.5, 0.6) is 5.75 Å². The van der Waals surface area contributed by atoms with Gasteiger partial charge in [-0.25, -0.2) is 0 Å². The summed E-state index contributed by atoms with van der Waals surface area (Å²) >= 11 is 1.39. The van der Waals surface area contributed by atoms with Crippen molar-refractivity contribution < 1.29 is 9.53 Å². The van der Waals surface area contributed by atoms with E-state index in [1.54, 1.807) is 0 Å². The average molecular weight is 336 g/mol. The molecule has 0 bridgehead atoms. The average Bonchev–Trinajstić information content (AvgIpc) is 3.20. The van der Waals surface area contributed by atoms with Crippen LogP contribution in [0, 0.1) is 0 Å². The molecule has 1 saturated heterocycles. The summed E-state index contributed by atoms with van der Waals surface area (Å²) < 4.78 is 5.51. The van der Waals surface area contributed by atoms with Crippen LogP contribution >= 0.6 is 11.8 Å². The minimum atomic E-state index is -0.0939. The minimum absolute atomic E-state index is 0.0939. The predicted molar refractivity (Wildman–Crippen MR) is 96.9 cm³/mol. The summed E-state index contributed by atoms with van der Waals surface area (Å²) in [6.45, 7) is 1.30. The molecule has 0 saturated carbocycles. The van der Waals surface area contributed by atoms with Gasteiger partial charge in [-0.05, 0) is 46.7 Å². The summed E-state index contributed by atoms with van der Waals surface area (Å²) in [5.74, 6) is 0.856. The van der Waals surface area contributed by atoms with E-state index in [9.17, 15) is 4.79 Å². The molecular formula is C19H16N2O2S. The lowest BCUT2D eigenvalue weighted by molar-refractivity contribution is -0.115. The number of carbonyl (C=O) groups is 1. The Morgan fingerprint density at radius 3 is 2.96 bits per heavy atom. The second-order valence-corrected chi connectivity index (χ2v) is 6.67. The van der Waals surface area contributed by atoms with E-state index in [-0.39, 0.29) is 5.91 Å². The standard InChI is InChI=1S/C19H16N2O2S/c22-18-17(11-14-6-7-16-15(10-14)8-9-23-16)24-19(21-18)20-12-13-4-2-1-3-5-13/h1-7,10-11H,8-9,12H2,(H,20,21,22)/b17-11+. The minimum Gasteiger partial charge on any atom is -0.493 e. The molecule has 2 aromatic carbocycles. The van der Waals surface area contributed by atoms with Gasteiger partial charge < -0.3 is 10.1 Å². The van der Waals surface area contributed by atoms with Crippen molar-refractivity contribution in [3.8, 4) is 5.75 Å². The largest absolute Gasteiger partial charge is 0.493 e. The van der Waals surface area contributed by atoms with Gasteiger partial charge in [-0.1, -0.05) is 36.4 Å². The summed E-state index contributed by atoms with van der Waals surface area (Å²) in [5.41, 5.74) is 3.34. The fourth-order valence-corrected chi connectivity index (χ4v) is 3.52. The lowest BCUT2D eigenvalue weighted by Gasteiger charge is -2.00. The van der Waals surface area contributed by atoms with Gasteiger partial charge in [0.25, 0.3) is 5.91 Å². The Labute approximate surface area is 144 Å². The molecule has 4 nitrogen and oxygen atoms in total. The number of carbonyl (C=O) groups excluding carboxylic acids is 1. The topological polar surface area (TPSA) is 50.7 Å². The van der Waals surface area contributed by atoms with E-state index >= 15 is 0 Å². The van der Waals surface area contributed by atoms with Crippen LogP contribution in [0.15, 0.2) is 58.4 Å². The zero-order chi connectivity index (χ0) is 16.4. The molecule has 1 fully saturated rings. The maximum absolute atomic E-state index is 12.1. The van der Waals surface area contributed by atoms with Gasteiger partial charge in [-0.2, -0.15) is 0 Å². The van der Waals surface area contributed by atoms with Crippen LogP contribution in [-0.4, -0.2) is 17.7 Å². The first-order valence-corrected chi connectivity index (χ1v) is 8.64. The third kappa shape index (κ3) is 3.21. The number of benzene rings is 2. The highest BCUT2D eigenvalue weighted by atomic mass is 32.2. The van der Waals surface area contributed by atoms with Gasteiger partial charge in [0.05, 0.1) is 18.1 Å². The van der Waals surface area contributed by atoms with Crippen LogP contribution in [0.4, 0.5) is 0 Å². The number of thioether (sulfide) groups is 1. The van der Waals surface area contributed by atoms with Gasteiger partial charge in [0.2, 0.25) is 0 Å². The Bertz CT molecular complexity index is 844. The summed E-state index contributed by atoms with van der Waals surface area (Å²) in [6.07, 6.45) is 2.83. The van der Waals surface area contributed by atoms with Gasteiger partial charge in [0, 0.05) is 6.42 Å². The van der Waals surface area contributed by atoms with Crippen molar-refractivity contribution in [3.05, 3.63) is 70.1 Å². The van der Waals surface area contributed by atoms with Gasteiger partial charge >= 0.3 is 0 Å². The summed E-state index contributed by atoms with van der Waals surface area (Å²) in [6, 6.07) is 16.0. The van der Waals surface area contributed by atoms with Crippen LogP contribution in [-0.2, 0) is 17.8 Å². The molecule has 120 valence electrons. The fourth-order valence-electron chi connectivity index (χ4n) is 2.70. The molecule has 0 unspecified atom stereocenters. The monoisotopic (exact) mass is 336 g/mol. The lowest BCUT2D eigenvalue weighted by Crippen LogP contribution is -2.19. The van der Waals surface area contributed by atoms with Crippen LogP contribution in [0.3, 0.4) is 0 Å². The van der Waals surface area contributed by atoms with Crippen LogP contribution in [0.25, 0.3) is 6.08 Å². The summed E-state index contributed by atoms with van der Waals surface area (Å²) in [7, 11) is 0. The predicted octanol–water partition coefficient (Wildman–Crippen LogP) is 3.38. The molecule has 4 rings (SSSR count). The third-order valence-electron chi connectivity index (χ3n) is 3.91. The molecule has 2 heterocycles. The molecule has 2 aliphatic heterocycles. The Kier molecular flexibility index (Phi) is 4.09. The summed E-state index contributed by atoms with van der Waals surface area (Å²) in [5, 5.41) is 3.48. The fraction of sp³-hybridized carbons (Fsp3) is 0.158. The molecular weight excluding hydrogens is 320 g/mol. The SMILES string of the molecule is O=C1NC(=NCc2ccccc2)S/C1=C/c1ccc2c(c1)CCO2. The van der Waals surface area contributed by atoms with Crippen LogP contribution in [0.2, 0.25) is 0 Å². The van der Waals surface area contributed by atoms with E-state index in [4.69, 9.17) is 4.74 Å². The molecule has 0 aliphatic carbocycles. The number of hydrogen-bond acceptors (Lipinski definition) is 4. The van der Waals surface area contributed by atoms with Crippen molar-refractivity contribution in [3.63, 3.8) is 0 Å². The highest BCUT2D eigenvalue weighted by molar-refractivity contribution is 8.18. The zero-order valence-corrected chi connectivity index (χ0v) is 13.8. The molecule has 0 aromatic heterocycles. The van der Waals surface area contributed by atoms with Crippen LogP contribution < -0.4 is 10.1 Å². The Morgan fingerprint density at radius 1 is 1.21 bits per heavy atom. The number of amidine groups is 1. The lowest BCUT2D eigenvalue weighted by atomic mass is 10.1. The number of nitrogens with zero attached hydrogens (tertiary/aromatic N) is 1. The molecule has 1 N–H and O–H groups in total. The number of aliphatic imine (C=N–C) groups is 1. The molecule has 24 heavy (non-hydrogen) atoms. The number of fused-ring (bicyclic) bond motifs is 1. The van der Waals surface area contributed by atoms with Crippen molar-refractivity contribution in [2.75, 3.05) is 6.61 Å². The Hall–Kier alpha value is -2.53. The summed E-state index contributed by atoms with van der Waals surface area (Å²) in [4.78, 5) is 17.3. The van der Waals surface area contributed by atoms with Crippen molar-refractivity contribution >= 4 is 28.9 Å². The Morgan fingerprint density at radius 2 is 2.08 bits per heavy atom. The Balaban J connectivity index is 1.49. The number of rotatable bonds is 3. The third-order valence-corrected chi connectivity index (χ3v) is 4.86.